The summed E-state index contributed by atoms with van der Waals surface area (Å²) < 4.78 is 43.3. The van der Waals surface area contributed by atoms with Gasteiger partial charge in [-0.15, -0.1) is 11.3 Å². The number of nitrogens with one attached hydrogen (secondary N) is 1. The topological polar surface area (TPSA) is 51.2 Å². The maximum Gasteiger partial charge on any atom is 0.417 e. The van der Waals surface area contributed by atoms with E-state index in [2.05, 4.69) is 10.3 Å². The average molecular weight is 384 g/mol. The first kappa shape index (κ1) is 18.7. The van der Waals surface area contributed by atoms with Crippen molar-refractivity contribution in [3.8, 4) is 5.88 Å². The van der Waals surface area contributed by atoms with Crippen LogP contribution in [0.15, 0.2) is 35.8 Å². The number of ether oxygens (including phenoxy) is 1. The Hall–Kier alpha value is -2.09. The van der Waals surface area contributed by atoms with Crippen LogP contribution in [0.5, 0.6) is 5.88 Å². The Balaban J connectivity index is 1.43. The number of carbonyl (C=O) groups is 1. The van der Waals surface area contributed by atoms with Crippen LogP contribution in [-0.4, -0.2) is 23.0 Å². The molecule has 0 unspecified atom stereocenters. The molecule has 1 saturated carbocycles. The molecule has 1 aliphatic rings. The van der Waals surface area contributed by atoms with Crippen LogP contribution in [-0.2, 0) is 17.4 Å². The monoisotopic (exact) mass is 384 g/mol. The highest BCUT2D eigenvalue weighted by atomic mass is 32.1. The van der Waals surface area contributed by atoms with Gasteiger partial charge in [-0.3, -0.25) is 4.79 Å². The highest BCUT2D eigenvalue weighted by Gasteiger charge is 2.31. The van der Waals surface area contributed by atoms with Gasteiger partial charge in [0, 0.05) is 23.2 Å². The van der Waals surface area contributed by atoms with Gasteiger partial charge in [-0.05, 0) is 43.2 Å². The van der Waals surface area contributed by atoms with E-state index in [1.54, 1.807) is 11.3 Å². The minimum absolute atomic E-state index is 0.0150. The minimum atomic E-state index is -4.40. The number of nitrogens with zero attached hydrogens (tertiary/aromatic N) is 1. The van der Waals surface area contributed by atoms with Crippen LogP contribution < -0.4 is 10.1 Å². The molecule has 0 radical (unpaired) electrons. The van der Waals surface area contributed by atoms with E-state index < -0.39 is 11.7 Å². The molecule has 8 heteroatoms. The Morgan fingerprint density at radius 1 is 1.23 bits per heavy atom. The molecular formula is C18H19F3N2O2S. The summed E-state index contributed by atoms with van der Waals surface area (Å²) in [6, 6.07) is 6.19. The predicted octanol–water partition coefficient (Wildman–Crippen LogP) is 4.21. The van der Waals surface area contributed by atoms with E-state index in [-0.39, 0.29) is 23.9 Å². The lowest BCUT2D eigenvalue weighted by Gasteiger charge is -2.29. The lowest BCUT2D eigenvalue weighted by atomic mass is 9.93. The maximum atomic E-state index is 12.5. The van der Waals surface area contributed by atoms with Crippen molar-refractivity contribution in [3.63, 3.8) is 0 Å². The summed E-state index contributed by atoms with van der Waals surface area (Å²) in [5.74, 6) is 0.212. The summed E-state index contributed by atoms with van der Waals surface area (Å²) in [6.45, 7) is 0. The summed E-state index contributed by atoms with van der Waals surface area (Å²) >= 11 is 1.56. The lowest BCUT2D eigenvalue weighted by Crippen LogP contribution is -2.40. The predicted molar refractivity (Wildman–Crippen MR) is 92.1 cm³/mol. The van der Waals surface area contributed by atoms with E-state index in [4.69, 9.17) is 4.74 Å². The normalized spacial score (nSPS) is 20.6. The molecule has 0 bridgehead atoms. The van der Waals surface area contributed by atoms with Gasteiger partial charge in [-0.2, -0.15) is 13.2 Å². The Morgan fingerprint density at radius 3 is 2.58 bits per heavy atom. The van der Waals surface area contributed by atoms with Crippen molar-refractivity contribution < 1.29 is 22.7 Å². The van der Waals surface area contributed by atoms with E-state index >= 15 is 0 Å². The van der Waals surface area contributed by atoms with Gasteiger partial charge in [0.1, 0.15) is 6.10 Å². The van der Waals surface area contributed by atoms with Crippen molar-refractivity contribution in [3.05, 3.63) is 46.3 Å². The summed E-state index contributed by atoms with van der Waals surface area (Å²) in [7, 11) is 0. The van der Waals surface area contributed by atoms with Crippen molar-refractivity contribution in [2.45, 2.75) is 50.4 Å². The number of thiophene rings is 1. The molecule has 2 aromatic heterocycles. The third-order valence-corrected chi connectivity index (χ3v) is 5.18. The lowest BCUT2D eigenvalue weighted by molar-refractivity contribution is -0.137. The van der Waals surface area contributed by atoms with Gasteiger partial charge in [-0.25, -0.2) is 4.98 Å². The zero-order valence-electron chi connectivity index (χ0n) is 14.0. The summed E-state index contributed by atoms with van der Waals surface area (Å²) in [5.41, 5.74) is -0.790. The number of halogens is 3. The van der Waals surface area contributed by atoms with Crippen molar-refractivity contribution in [2.24, 2.45) is 0 Å². The van der Waals surface area contributed by atoms with Crippen molar-refractivity contribution in [1.29, 1.82) is 0 Å². The number of alkyl halides is 3. The van der Waals surface area contributed by atoms with Crippen LogP contribution in [0.2, 0.25) is 0 Å². The van der Waals surface area contributed by atoms with Gasteiger partial charge in [-0.1, -0.05) is 6.07 Å². The molecule has 2 aromatic rings. The highest BCUT2D eigenvalue weighted by molar-refractivity contribution is 7.10. The average Bonchev–Trinajstić information content (AvgIpc) is 3.09. The maximum absolute atomic E-state index is 12.5. The molecule has 0 spiro atoms. The number of hydrogen-bond donors (Lipinski definition) is 1. The Kier molecular flexibility index (Phi) is 5.80. The van der Waals surface area contributed by atoms with Gasteiger partial charge < -0.3 is 10.1 Å². The van der Waals surface area contributed by atoms with Gasteiger partial charge in [0.05, 0.1) is 12.0 Å². The minimum Gasteiger partial charge on any atom is -0.474 e. The number of carbonyl (C=O) groups excluding carboxylic acids is 1. The van der Waals surface area contributed by atoms with E-state index in [0.29, 0.717) is 6.42 Å². The summed E-state index contributed by atoms with van der Waals surface area (Å²) in [4.78, 5) is 16.8. The molecule has 140 valence electrons. The van der Waals surface area contributed by atoms with Gasteiger partial charge >= 0.3 is 6.18 Å². The fourth-order valence-corrected chi connectivity index (χ4v) is 3.67. The van der Waals surface area contributed by atoms with Crippen molar-refractivity contribution in [2.75, 3.05) is 0 Å². The molecule has 3 rings (SSSR count). The molecule has 26 heavy (non-hydrogen) atoms. The first-order valence-electron chi connectivity index (χ1n) is 8.42. The fraction of sp³-hybridized carbons (Fsp3) is 0.444. The molecule has 1 N–H and O–H groups in total. The van der Waals surface area contributed by atoms with Crippen LogP contribution >= 0.6 is 11.3 Å². The molecule has 0 atom stereocenters. The van der Waals surface area contributed by atoms with Crippen molar-refractivity contribution in [1.82, 2.24) is 10.3 Å². The SMILES string of the molecule is O=C(Cc1cccs1)NC1CCC(Oc2ccc(C(F)(F)F)cn2)CC1. The number of hydrogen-bond acceptors (Lipinski definition) is 4. The van der Waals surface area contributed by atoms with E-state index in [9.17, 15) is 18.0 Å². The van der Waals surface area contributed by atoms with Crippen molar-refractivity contribution >= 4 is 17.2 Å². The van der Waals surface area contributed by atoms with Crippen LogP contribution in [0.1, 0.15) is 36.1 Å². The Labute approximate surface area is 153 Å². The molecule has 1 amide bonds. The quantitative estimate of drug-likeness (QED) is 0.840. The van der Waals surface area contributed by atoms with E-state index in [1.165, 1.54) is 6.07 Å². The summed E-state index contributed by atoms with van der Waals surface area (Å²) in [5, 5.41) is 4.98. The Morgan fingerprint density at radius 2 is 2.00 bits per heavy atom. The largest absolute Gasteiger partial charge is 0.474 e. The molecule has 4 nitrogen and oxygen atoms in total. The summed E-state index contributed by atoms with van der Waals surface area (Å²) in [6.07, 6.45) is -0.299. The van der Waals surface area contributed by atoms with Crippen LogP contribution in [0, 0.1) is 0 Å². The smallest absolute Gasteiger partial charge is 0.417 e. The number of rotatable bonds is 5. The molecule has 1 fully saturated rings. The molecular weight excluding hydrogens is 365 g/mol. The number of amides is 1. The van der Waals surface area contributed by atoms with Gasteiger partial charge in [0.25, 0.3) is 0 Å². The third kappa shape index (κ3) is 5.20. The second-order valence-corrected chi connectivity index (χ2v) is 7.33. The van der Waals surface area contributed by atoms with Crippen LogP contribution in [0.3, 0.4) is 0 Å². The van der Waals surface area contributed by atoms with E-state index in [0.717, 1.165) is 42.8 Å². The highest BCUT2D eigenvalue weighted by Crippen LogP contribution is 2.30. The number of aromatic nitrogens is 1. The fourth-order valence-electron chi connectivity index (χ4n) is 2.96. The Bertz CT molecular complexity index is 709. The molecule has 0 aliphatic heterocycles. The van der Waals surface area contributed by atoms with Gasteiger partial charge in [0.2, 0.25) is 11.8 Å². The second kappa shape index (κ2) is 8.07. The zero-order chi connectivity index (χ0) is 18.6. The third-order valence-electron chi connectivity index (χ3n) is 4.31. The zero-order valence-corrected chi connectivity index (χ0v) is 14.8. The second-order valence-electron chi connectivity index (χ2n) is 6.30. The first-order valence-corrected chi connectivity index (χ1v) is 9.30. The van der Waals surface area contributed by atoms with Gasteiger partial charge in [0.15, 0.2) is 0 Å². The van der Waals surface area contributed by atoms with Crippen LogP contribution in [0.25, 0.3) is 0 Å². The molecule has 1 aliphatic carbocycles. The number of pyridine rings is 1. The first-order chi connectivity index (χ1) is 12.4. The van der Waals surface area contributed by atoms with Crippen LogP contribution in [0.4, 0.5) is 13.2 Å². The molecule has 0 saturated heterocycles. The van der Waals surface area contributed by atoms with E-state index in [1.807, 2.05) is 17.5 Å². The molecule has 2 heterocycles. The molecule has 0 aromatic carbocycles. The standard InChI is InChI=1S/C18H19F3N2O2S/c19-18(20,21)12-3-8-17(22-11-12)25-14-6-4-13(5-7-14)23-16(24)10-15-2-1-9-26-15/h1-3,8-9,11,13-14H,4-7,10H2,(H,23,24).